The summed E-state index contributed by atoms with van der Waals surface area (Å²) in [6, 6.07) is 6.96. The third kappa shape index (κ3) is 1.93. The maximum atomic E-state index is 2.38. The molecule has 2 aromatic rings. The van der Waals surface area contributed by atoms with Crippen LogP contribution >= 0.6 is 11.3 Å². The van der Waals surface area contributed by atoms with Gasteiger partial charge in [-0.2, -0.15) is 0 Å². The van der Waals surface area contributed by atoms with E-state index in [1.165, 1.54) is 21.2 Å². The SMILES string of the molecule is CC(C)c1cc2ccsc2cc1C(C)C. The van der Waals surface area contributed by atoms with Crippen LogP contribution in [0.15, 0.2) is 23.6 Å². The molecule has 0 aliphatic rings. The average Bonchev–Trinajstić information content (AvgIpc) is 2.61. The van der Waals surface area contributed by atoms with Crippen LogP contribution in [0.25, 0.3) is 10.1 Å². The van der Waals surface area contributed by atoms with Gasteiger partial charge in [-0.3, -0.25) is 0 Å². The average molecular weight is 218 g/mol. The molecule has 15 heavy (non-hydrogen) atoms. The van der Waals surface area contributed by atoms with Crippen LogP contribution in [-0.4, -0.2) is 0 Å². The van der Waals surface area contributed by atoms with Crippen molar-refractivity contribution in [2.24, 2.45) is 0 Å². The molecule has 0 aliphatic carbocycles. The van der Waals surface area contributed by atoms with Crippen LogP contribution in [0.3, 0.4) is 0 Å². The van der Waals surface area contributed by atoms with Crippen molar-refractivity contribution in [1.82, 2.24) is 0 Å². The van der Waals surface area contributed by atoms with Gasteiger partial charge in [0, 0.05) is 4.70 Å². The molecule has 0 aliphatic heterocycles. The summed E-state index contributed by atoms with van der Waals surface area (Å²) < 4.78 is 1.42. The highest BCUT2D eigenvalue weighted by atomic mass is 32.1. The molecule has 0 saturated carbocycles. The first kappa shape index (κ1) is 10.7. The number of hydrogen-bond donors (Lipinski definition) is 0. The largest absolute Gasteiger partial charge is 0.144 e. The second kappa shape index (κ2) is 3.97. The van der Waals surface area contributed by atoms with E-state index in [0.29, 0.717) is 11.8 Å². The fourth-order valence-corrected chi connectivity index (χ4v) is 2.86. The maximum absolute atomic E-state index is 2.38. The molecule has 0 fully saturated rings. The van der Waals surface area contributed by atoms with Crippen LogP contribution in [0.5, 0.6) is 0 Å². The summed E-state index contributed by atoms with van der Waals surface area (Å²) in [5, 5.41) is 3.58. The van der Waals surface area contributed by atoms with Crippen molar-refractivity contribution in [3.05, 3.63) is 34.7 Å². The lowest BCUT2D eigenvalue weighted by atomic mass is 9.90. The van der Waals surface area contributed by atoms with E-state index < -0.39 is 0 Å². The standard InChI is InChI=1S/C14H18S/c1-9(2)12-7-11-5-6-15-14(11)8-13(12)10(3)4/h5-10H,1-4H3. The molecule has 2 rings (SSSR count). The molecule has 0 amide bonds. The zero-order chi connectivity index (χ0) is 11.0. The third-order valence-electron chi connectivity index (χ3n) is 2.90. The molecular formula is C14H18S. The fraction of sp³-hybridized carbons (Fsp3) is 0.429. The number of fused-ring (bicyclic) bond motifs is 1. The van der Waals surface area contributed by atoms with Gasteiger partial charge >= 0.3 is 0 Å². The van der Waals surface area contributed by atoms with Gasteiger partial charge in [-0.25, -0.2) is 0 Å². The second-order valence-corrected chi connectivity index (χ2v) is 5.70. The van der Waals surface area contributed by atoms with Gasteiger partial charge in [0.25, 0.3) is 0 Å². The van der Waals surface area contributed by atoms with Crippen LogP contribution in [0.2, 0.25) is 0 Å². The molecule has 1 aromatic heterocycles. The van der Waals surface area contributed by atoms with Crippen LogP contribution in [-0.2, 0) is 0 Å². The summed E-state index contributed by atoms with van der Waals surface area (Å²) in [5.41, 5.74) is 3.02. The molecule has 80 valence electrons. The Bertz CT molecular complexity index is 421. The van der Waals surface area contributed by atoms with Crippen LogP contribution < -0.4 is 0 Å². The summed E-state index contributed by atoms with van der Waals surface area (Å²) in [5.74, 6) is 1.24. The minimum atomic E-state index is 0.617. The fourth-order valence-electron chi connectivity index (χ4n) is 2.04. The van der Waals surface area contributed by atoms with E-state index in [1.807, 2.05) is 11.3 Å². The van der Waals surface area contributed by atoms with Gasteiger partial charge in [0.05, 0.1) is 0 Å². The molecule has 1 aromatic carbocycles. The van der Waals surface area contributed by atoms with E-state index in [4.69, 9.17) is 0 Å². The lowest BCUT2D eigenvalue weighted by Crippen LogP contribution is -1.97. The monoisotopic (exact) mass is 218 g/mol. The molecular weight excluding hydrogens is 200 g/mol. The Labute approximate surface area is 95.9 Å². The van der Waals surface area contributed by atoms with Gasteiger partial charge in [0.1, 0.15) is 0 Å². The molecule has 0 bridgehead atoms. The van der Waals surface area contributed by atoms with Gasteiger partial charge in [-0.05, 0) is 51.9 Å². The minimum Gasteiger partial charge on any atom is -0.144 e. The molecule has 0 N–H and O–H groups in total. The molecule has 0 radical (unpaired) electrons. The van der Waals surface area contributed by atoms with E-state index in [1.54, 1.807) is 0 Å². The Morgan fingerprint density at radius 1 is 0.933 bits per heavy atom. The molecule has 0 unspecified atom stereocenters. The van der Waals surface area contributed by atoms with Crippen molar-refractivity contribution in [3.63, 3.8) is 0 Å². The first-order chi connectivity index (χ1) is 7.09. The van der Waals surface area contributed by atoms with Gasteiger partial charge in [-0.15, -0.1) is 11.3 Å². The number of thiophene rings is 1. The summed E-state index contributed by atoms with van der Waals surface area (Å²) in [6.45, 7) is 9.11. The number of rotatable bonds is 2. The first-order valence-corrected chi connectivity index (χ1v) is 6.48. The predicted octanol–water partition coefficient (Wildman–Crippen LogP) is 5.15. The molecule has 0 nitrogen and oxygen atoms in total. The van der Waals surface area contributed by atoms with E-state index in [-0.39, 0.29) is 0 Å². The highest BCUT2D eigenvalue weighted by molar-refractivity contribution is 7.17. The van der Waals surface area contributed by atoms with E-state index >= 15 is 0 Å². The Hall–Kier alpha value is -0.820. The lowest BCUT2D eigenvalue weighted by molar-refractivity contribution is 0.793. The predicted molar refractivity (Wildman–Crippen MR) is 70.0 cm³/mol. The van der Waals surface area contributed by atoms with Crippen molar-refractivity contribution in [1.29, 1.82) is 0 Å². The summed E-state index contributed by atoms with van der Waals surface area (Å²) >= 11 is 1.84. The van der Waals surface area contributed by atoms with Crippen LogP contribution in [0, 0.1) is 0 Å². The highest BCUT2D eigenvalue weighted by Crippen LogP contribution is 2.32. The molecule has 0 saturated heterocycles. The zero-order valence-corrected chi connectivity index (χ0v) is 10.7. The van der Waals surface area contributed by atoms with Crippen molar-refractivity contribution in [3.8, 4) is 0 Å². The lowest BCUT2D eigenvalue weighted by Gasteiger charge is -2.16. The Balaban J connectivity index is 2.68. The molecule has 0 atom stereocenters. The van der Waals surface area contributed by atoms with E-state index in [0.717, 1.165) is 0 Å². The normalized spacial score (nSPS) is 11.9. The summed E-state index contributed by atoms with van der Waals surface area (Å²) in [7, 11) is 0. The second-order valence-electron chi connectivity index (χ2n) is 4.75. The molecule has 1 heterocycles. The van der Waals surface area contributed by atoms with Gasteiger partial charge < -0.3 is 0 Å². The number of hydrogen-bond acceptors (Lipinski definition) is 1. The maximum Gasteiger partial charge on any atom is 0.0345 e. The van der Waals surface area contributed by atoms with E-state index in [9.17, 15) is 0 Å². The van der Waals surface area contributed by atoms with Crippen molar-refractivity contribution in [2.75, 3.05) is 0 Å². The highest BCUT2D eigenvalue weighted by Gasteiger charge is 2.11. The Morgan fingerprint density at radius 2 is 1.53 bits per heavy atom. The quantitative estimate of drug-likeness (QED) is 0.654. The molecule has 1 heteroatoms. The zero-order valence-electron chi connectivity index (χ0n) is 9.87. The van der Waals surface area contributed by atoms with Crippen molar-refractivity contribution >= 4 is 21.4 Å². The molecule has 0 spiro atoms. The smallest absolute Gasteiger partial charge is 0.0345 e. The van der Waals surface area contributed by atoms with Gasteiger partial charge in [0.2, 0.25) is 0 Å². The van der Waals surface area contributed by atoms with Gasteiger partial charge in [-0.1, -0.05) is 27.7 Å². The van der Waals surface area contributed by atoms with Crippen molar-refractivity contribution in [2.45, 2.75) is 39.5 Å². The Kier molecular flexibility index (Phi) is 2.83. The summed E-state index contributed by atoms with van der Waals surface area (Å²) in [6.07, 6.45) is 0. The minimum absolute atomic E-state index is 0.617. The topological polar surface area (TPSA) is 0 Å². The van der Waals surface area contributed by atoms with Crippen molar-refractivity contribution < 1.29 is 0 Å². The third-order valence-corrected chi connectivity index (χ3v) is 3.78. The van der Waals surface area contributed by atoms with Gasteiger partial charge in [0.15, 0.2) is 0 Å². The first-order valence-electron chi connectivity index (χ1n) is 5.60. The van der Waals surface area contributed by atoms with Crippen LogP contribution in [0.4, 0.5) is 0 Å². The van der Waals surface area contributed by atoms with E-state index in [2.05, 4.69) is 51.3 Å². The Morgan fingerprint density at radius 3 is 2.13 bits per heavy atom. The summed E-state index contributed by atoms with van der Waals surface area (Å²) in [4.78, 5) is 0. The van der Waals surface area contributed by atoms with Crippen LogP contribution in [0.1, 0.15) is 50.7 Å². The number of benzene rings is 1.